The van der Waals surface area contributed by atoms with E-state index in [1.165, 1.54) is 225 Å². The van der Waals surface area contributed by atoms with Crippen LogP contribution in [0.15, 0.2) is 12.4 Å². The molecule has 2 nitrogen and oxygen atoms in total. The Morgan fingerprint density at radius 1 is 0.302 bits per heavy atom. The molecule has 0 aliphatic carbocycles. The van der Waals surface area contributed by atoms with Gasteiger partial charge in [0, 0.05) is 25.5 Å². The van der Waals surface area contributed by atoms with Crippen LogP contribution in [-0.2, 0) is 0 Å². The second kappa shape index (κ2) is 32.7. The first kappa shape index (κ1) is 40.4. The van der Waals surface area contributed by atoms with Gasteiger partial charge in [0.1, 0.15) is 6.17 Å². The van der Waals surface area contributed by atoms with Crippen molar-refractivity contribution in [1.29, 1.82) is 0 Å². The van der Waals surface area contributed by atoms with E-state index in [-0.39, 0.29) is 0 Å². The van der Waals surface area contributed by atoms with Crippen molar-refractivity contribution in [2.75, 3.05) is 13.1 Å². The Morgan fingerprint density at radius 2 is 0.535 bits per heavy atom. The van der Waals surface area contributed by atoms with Crippen LogP contribution in [0.1, 0.15) is 233 Å². The lowest BCUT2D eigenvalue weighted by molar-refractivity contribution is 0.135. The SMILES string of the molecule is CCCCCCCCCCCCCCCCN1C=CN(CCCCCCCCCCCCCCC)C1CCCCCCC. The molecule has 2 heteroatoms. The van der Waals surface area contributed by atoms with Crippen LogP contribution in [0.5, 0.6) is 0 Å². The Balaban J connectivity index is 2.11. The van der Waals surface area contributed by atoms with E-state index in [1.54, 1.807) is 0 Å². The normalized spacial score (nSPS) is 14.9. The molecular formula is C41H82N2. The lowest BCUT2D eigenvalue weighted by Gasteiger charge is -2.33. The summed E-state index contributed by atoms with van der Waals surface area (Å²) in [5.74, 6) is 0. The van der Waals surface area contributed by atoms with Gasteiger partial charge in [0.2, 0.25) is 0 Å². The molecule has 1 aliphatic heterocycles. The largest absolute Gasteiger partial charge is 0.356 e. The number of unbranched alkanes of at least 4 members (excludes halogenated alkanes) is 29. The van der Waals surface area contributed by atoms with Crippen molar-refractivity contribution < 1.29 is 0 Å². The molecule has 43 heavy (non-hydrogen) atoms. The molecular weight excluding hydrogens is 520 g/mol. The molecule has 0 saturated heterocycles. The van der Waals surface area contributed by atoms with Gasteiger partial charge in [0.05, 0.1) is 0 Å². The first-order valence-corrected chi connectivity index (χ1v) is 20.5. The quantitative estimate of drug-likeness (QED) is 0.0666. The summed E-state index contributed by atoms with van der Waals surface area (Å²) in [7, 11) is 0. The van der Waals surface area contributed by atoms with Crippen LogP contribution in [0, 0.1) is 0 Å². The summed E-state index contributed by atoms with van der Waals surface area (Å²) < 4.78 is 0. The minimum absolute atomic E-state index is 0.640. The molecule has 1 heterocycles. The first-order chi connectivity index (χ1) is 21.3. The van der Waals surface area contributed by atoms with Crippen molar-refractivity contribution in [3.05, 3.63) is 12.4 Å². The van der Waals surface area contributed by atoms with Crippen LogP contribution < -0.4 is 0 Å². The summed E-state index contributed by atoms with van der Waals surface area (Å²) in [6.07, 6.45) is 52.9. The average Bonchev–Trinajstić information content (AvgIpc) is 3.40. The Hall–Kier alpha value is -0.660. The summed E-state index contributed by atoms with van der Waals surface area (Å²) >= 11 is 0. The lowest BCUT2D eigenvalue weighted by Crippen LogP contribution is -2.39. The van der Waals surface area contributed by atoms with Crippen molar-refractivity contribution >= 4 is 0 Å². The van der Waals surface area contributed by atoms with Gasteiger partial charge in [-0.3, -0.25) is 0 Å². The van der Waals surface area contributed by atoms with E-state index in [1.807, 2.05) is 0 Å². The van der Waals surface area contributed by atoms with Gasteiger partial charge < -0.3 is 9.80 Å². The second-order valence-corrected chi connectivity index (χ2v) is 14.3. The number of rotatable bonds is 35. The van der Waals surface area contributed by atoms with E-state index < -0.39 is 0 Å². The van der Waals surface area contributed by atoms with Crippen molar-refractivity contribution in [1.82, 2.24) is 9.80 Å². The van der Waals surface area contributed by atoms with Crippen molar-refractivity contribution in [3.8, 4) is 0 Å². The molecule has 256 valence electrons. The molecule has 0 fully saturated rings. The van der Waals surface area contributed by atoms with Crippen molar-refractivity contribution in [3.63, 3.8) is 0 Å². The lowest BCUT2D eigenvalue weighted by atomic mass is 10.0. The molecule has 0 spiro atoms. The Kier molecular flexibility index (Phi) is 30.7. The molecule has 0 aromatic carbocycles. The third-order valence-electron chi connectivity index (χ3n) is 10.1. The molecule has 0 aromatic heterocycles. The van der Waals surface area contributed by atoms with E-state index >= 15 is 0 Å². The number of nitrogens with zero attached hydrogens (tertiary/aromatic N) is 2. The highest BCUT2D eigenvalue weighted by molar-refractivity contribution is 4.97. The van der Waals surface area contributed by atoms with E-state index in [9.17, 15) is 0 Å². The highest BCUT2D eigenvalue weighted by Crippen LogP contribution is 2.24. The maximum absolute atomic E-state index is 2.71. The molecule has 0 N–H and O–H groups in total. The molecule has 0 saturated carbocycles. The Bertz CT molecular complexity index is 558. The van der Waals surface area contributed by atoms with E-state index in [0.29, 0.717) is 6.17 Å². The molecule has 0 aromatic rings. The Morgan fingerprint density at radius 3 is 0.814 bits per heavy atom. The molecule has 0 radical (unpaired) electrons. The highest BCUT2D eigenvalue weighted by atomic mass is 15.4. The first-order valence-electron chi connectivity index (χ1n) is 20.5. The summed E-state index contributed by atoms with van der Waals surface area (Å²) in [4.78, 5) is 5.42. The fourth-order valence-corrected chi connectivity index (χ4v) is 7.07. The molecule has 1 unspecified atom stereocenters. The zero-order valence-corrected chi connectivity index (χ0v) is 30.4. The molecule has 1 aliphatic rings. The molecule has 1 atom stereocenters. The molecule has 0 amide bonds. The van der Waals surface area contributed by atoms with Crippen molar-refractivity contribution in [2.24, 2.45) is 0 Å². The van der Waals surface area contributed by atoms with Gasteiger partial charge in [-0.25, -0.2) is 0 Å². The summed E-state index contributed by atoms with van der Waals surface area (Å²) in [6.45, 7) is 9.49. The predicted octanol–water partition coefficient (Wildman–Crippen LogP) is 14.3. The summed E-state index contributed by atoms with van der Waals surface area (Å²) in [6, 6.07) is 0. The van der Waals surface area contributed by atoms with Crippen LogP contribution >= 0.6 is 0 Å². The van der Waals surface area contributed by atoms with Crippen LogP contribution in [0.25, 0.3) is 0 Å². The summed E-state index contributed by atoms with van der Waals surface area (Å²) in [5, 5.41) is 0. The van der Waals surface area contributed by atoms with Crippen molar-refractivity contribution in [2.45, 2.75) is 239 Å². The van der Waals surface area contributed by atoms with E-state index in [0.717, 1.165) is 0 Å². The number of hydrogen-bond donors (Lipinski definition) is 0. The van der Waals surface area contributed by atoms with Gasteiger partial charge in [-0.05, 0) is 25.7 Å². The van der Waals surface area contributed by atoms with Crippen LogP contribution in [0.3, 0.4) is 0 Å². The van der Waals surface area contributed by atoms with Crippen LogP contribution in [0.2, 0.25) is 0 Å². The number of hydrogen-bond acceptors (Lipinski definition) is 2. The topological polar surface area (TPSA) is 6.48 Å². The fourth-order valence-electron chi connectivity index (χ4n) is 7.07. The minimum atomic E-state index is 0.640. The maximum atomic E-state index is 2.71. The van der Waals surface area contributed by atoms with Crippen LogP contribution in [0.4, 0.5) is 0 Å². The highest BCUT2D eigenvalue weighted by Gasteiger charge is 2.24. The van der Waals surface area contributed by atoms with E-state index in [4.69, 9.17) is 0 Å². The molecule has 1 rings (SSSR count). The third kappa shape index (κ3) is 25.2. The van der Waals surface area contributed by atoms with Gasteiger partial charge >= 0.3 is 0 Å². The second-order valence-electron chi connectivity index (χ2n) is 14.3. The van der Waals surface area contributed by atoms with Gasteiger partial charge in [-0.1, -0.05) is 207 Å². The smallest absolute Gasteiger partial charge is 0.101 e. The maximum Gasteiger partial charge on any atom is 0.101 e. The van der Waals surface area contributed by atoms with Crippen LogP contribution in [-0.4, -0.2) is 29.1 Å². The standard InChI is InChI=1S/C41H82N2/c1-4-7-10-13-15-17-19-21-23-25-27-29-32-35-38-43-40-39-42(41(43)36-33-30-12-9-6-3)37-34-31-28-26-24-22-20-18-16-14-11-8-5-2/h39-41H,4-38H2,1-3H3. The molecule has 0 bridgehead atoms. The fraction of sp³-hybridized carbons (Fsp3) is 0.951. The van der Waals surface area contributed by atoms with Gasteiger partial charge in [0.25, 0.3) is 0 Å². The predicted molar refractivity (Wildman–Crippen MR) is 196 cm³/mol. The minimum Gasteiger partial charge on any atom is -0.356 e. The monoisotopic (exact) mass is 603 g/mol. The average molecular weight is 603 g/mol. The third-order valence-corrected chi connectivity index (χ3v) is 10.1. The van der Waals surface area contributed by atoms with E-state index in [2.05, 4.69) is 43.0 Å². The Labute approximate surface area is 273 Å². The zero-order chi connectivity index (χ0) is 30.9. The summed E-state index contributed by atoms with van der Waals surface area (Å²) in [5.41, 5.74) is 0. The van der Waals surface area contributed by atoms with Gasteiger partial charge in [-0.15, -0.1) is 0 Å². The van der Waals surface area contributed by atoms with Gasteiger partial charge in [0.15, 0.2) is 0 Å². The zero-order valence-electron chi connectivity index (χ0n) is 30.4. The van der Waals surface area contributed by atoms with Gasteiger partial charge in [-0.2, -0.15) is 0 Å².